The van der Waals surface area contributed by atoms with Crippen molar-refractivity contribution in [1.82, 2.24) is 39.2 Å². The van der Waals surface area contributed by atoms with Crippen LogP contribution in [0.3, 0.4) is 0 Å². The van der Waals surface area contributed by atoms with Gasteiger partial charge in [-0.15, -0.1) is 0 Å². The number of rotatable bonds is 4. The SMILES string of the molecule is Cc1cnc(C(=O)N2CCN(c3ccc(-c4cc(-c5cnn(C)c5)cn5ncc(C#N)c45)cn3)CC2)cn1.O=C(O)C(F)(F)F.O=C(O)C(F)(F)F. The maximum absolute atomic E-state index is 12.8. The Hall–Kier alpha value is -6.59. The third-order valence-electron chi connectivity index (χ3n) is 7.21. The molecule has 2 N–H and O–H groups in total. The van der Waals surface area contributed by atoms with Crippen LogP contribution < -0.4 is 4.90 Å². The average molecular weight is 733 g/mol. The first-order valence-corrected chi connectivity index (χ1v) is 14.7. The molecule has 6 heterocycles. The summed E-state index contributed by atoms with van der Waals surface area (Å²) >= 11 is 0. The monoisotopic (exact) mass is 732 g/mol. The van der Waals surface area contributed by atoms with Crippen molar-refractivity contribution in [3.8, 4) is 28.3 Å². The topological polar surface area (TPSA) is 196 Å². The van der Waals surface area contributed by atoms with Crippen LogP contribution in [-0.2, 0) is 16.6 Å². The molecule has 0 spiro atoms. The maximum Gasteiger partial charge on any atom is 0.490 e. The van der Waals surface area contributed by atoms with Crippen LogP contribution in [0.1, 0.15) is 21.7 Å². The Kier molecular flexibility index (Phi) is 11.4. The van der Waals surface area contributed by atoms with Crippen LogP contribution in [-0.4, -0.2) is 106 Å². The molecule has 0 aliphatic carbocycles. The number of carbonyl (C=O) groups is 3. The largest absolute Gasteiger partial charge is 0.490 e. The van der Waals surface area contributed by atoms with E-state index in [-0.39, 0.29) is 5.91 Å². The van der Waals surface area contributed by atoms with Gasteiger partial charge in [0.05, 0.1) is 35.4 Å². The summed E-state index contributed by atoms with van der Waals surface area (Å²) in [6, 6.07) is 8.28. The molecule has 0 aromatic carbocycles. The number of carbonyl (C=O) groups excluding carboxylic acids is 1. The molecular weight excluding hydrogens is 706 g/mol. The molecule has 1 aliphatic rings. The van der Waals surface area contributed by atoms with Crippen molar-refractivity contribution in [3.63, 3.8) is 0 Å². The van der Waals surface area contributed by atoms with E-state index in [0.717, 1.165) is 39.3 Å². The van der Waals surface area contributed by atoms with Crippen LogP contribution in [0.15, 0.2) is 61.6 Å². The number of anilines is 1. The molecule has 272 valence electrons. The van der Waals surface area contributed by atoms with Gasteiger partial charge < -0.3 is 20.0 Å². The second-order valence-electron chi connectivity index (χ2n) is 10.8. The Morgan fingerprint density at radius 1 is 0.788 bits per heavy atom. The van der Waals surface area contributed by atoms with Gasteiger partial charge in [0.1, 0.15) is 17.6 Å². The number of aromatic nitrogens is 7. The highest BCUT2D eigenvalue weighted by atomic mass is 19.4. The van der Waals surface area contributed by atoms with Crippen LogP contribution in [0.4, 0.5) is 32.2 Å². The molecule has 5 aromatic heterocycles. The fraction of sp³-hybridized carbons (Fsp3) is 0.258. The maximum atomic E-state index is 12.8. The third-order valence-corrected chi connectivity index (χ3v) is 7.21. The van der Waals surface area contributed by atoms with E-state index in [0.29, 0.717) is 37.4 Å². The zero-order chi connectivity index (χ0) is 38.4. The Bertz CT molecular complexity index is 2070. The minimum Gasteiger partial charge on any atom is -0.475 e. The van der Waals surface area contributed by atoms with Crippen molar-refractivity contribution >= 4 is 29.2 Å². The second-order valence-corrected chi connectivity index (χ2v) is 10.8. The third kappa shape index (κ3) is 9.34. The minimum absolute atomic E-state index is 0.105. The number of pyridine rings is 2. The molecule has 1 amide bonds. The van der Waals surface area contributed by atoms with Crippen molar-refractivity contribution in [2.75, 3.05) is 31.1 Å². The molecule has 0 atom stereocenters. The lowest BCUT2D eigenvalue weighted by molar-refractivity contribution is -0.193. The first-order valence-electron chi connectivity index (χ1n) is 14.7. The van der Waals surface area contributed by atoms with Gasteiger partial charge in [-0.2, -0.15) is 41.8 Å². The molecule has 0 radical (unpaired) electrons. The second kappa shape index (κ2) is 15.5. The summed E-state index contributed by atoms with van der Waals surface area (Å²) < 4.78 is 67.0. The van der Waals surface area contributed by atoms with Gasteiger partial charge in [0, 0.05) is 80.3 Å². The Labute approximate surface area is 289 Å². The predicted octanol–water partition coefficient (Wildman–Crippen LogP) is 4.00. The smallest absolute Gasteiger partial charge is 0.475 e. The van der Waals surface area contributed by atoms with Gasteiger partial charge >= 0.3 is 24.3 Å². The number of fused-ring (bicyclic) bond motifs is 1. The molecule has 0 saturated carbocycles. The van der Waals surface area contributed by atoms with E-state index >= 15 is 0 Å². The van der Waals surface area contributed by atoms with Crippen molar-refractivity contribution in [2.45, 2.75) is 19.3 Å². The number of nitrogens with zero attached hydrogens (tertiary/aromatic N) is 10. The van der Waals surface area contributed by atoms with Crippen molar-refractivity contribution in [1.29, 1.82) is 5.26 Å². The lowest BCUT2D eigenvalue weighted by Gasteiger charge is -2.35. The predicted molar refractivity (Wildman–Crippen MR) is 168 cm³/mol. The molecule has 1 saturated heterocycles. The van der Waals surface area contributed by atoms with Gasteiger partial charge in [0.25, 0.3) is 5.91 Å². The molecule has 15 nitrogen and oxygen atoms in total. The van der Waals surface area contributed by atoms with Crippen LogP contribution >= 0.6 is 0 Å². The summed E-state index contributed by atoms with van der Waals surface area (Å²) in [5.74, 6) is -4.78. The van der Waals surface area contributed by atoms with E-state index in [1.54, 1.807) is 32.7 Å². The first kappa shape index (κ1) is 38.2. The summed E-state index contributed by atoms with van der Waals surface area (Å²) in [5, 5.41) is 32.6. The van der Waals surface area contributed by atoms with Crippen molar-refractivity contribution in [3.05, 3.63) is 78.5 Å². The number of carboxylic acids is 2. The molecule has 21 heteroatoms. The summed E-state index contributed by atoms with van der Waals surface area (Å²) in [4.78, 5) is 47.7. The van der Waals surface area contributed by atoms with Gasteiger partial charge in [-0.3, -0.25) is 14.5 Å². The fourth-order valence-corrected chi connectivity index (χ4v) is 4.69. The van der Waals surface area contributed by atoms with Gasteiger partial charge in [0.15, 0.2) is 0 Å². The molecular formula is C31H26F6N10O5. The zero-order valence-corrected chi connectivity index (χ0v) is 27.0. The Morgan fingerprint density at radius 2 is 1.42 bits per heavy atom. The van der Waals surface area contributed by atoms with E-state index in [1.165, 1.54) is 6.20 Å². The number of hydrogen-bond donors (Lipinski definition) is 2. The fourth-order valence-electron chi connectivity index (χ4n) is 4.69. The van der Waals surface area contributed by atoms with E-state index in [9.17, 15) is 36.4 Å². The number of alkyl halides is 6. The number of carboxylic acid groups (broad SMARTS) is 2. The molecule has 52 heavy (non-hydrogen) atoms. The number of piperazine rings is 1. The summed E-state index contributed by atoms with van der Waals surface area (Å²) in [7, 11) is 1.87. The average Bonchev–Trinajstić information content (AvgIpc) is 3.74. The summed E-state index contributed by atoms with van der Waals surface area (Å²) in [6.45, 7) is 4.33. The lowest BCUT2D eigenvalue weighted by atomic mass is 10.0. The highest BCUT2D eigenvalue weighted by Gasteiger charge is 2.39. The lowest BCUT2D eigenvalue weighted by Crippen LogP contribution is -2.49. The van der Waals surface area contributed by atoms with E-state index in [1.807, 2.05) is 50.8 Å². The number of aliphatic carboxylic acids is 2. The quantitative estimate of drug-likeness (QED) is 0.253. The number of hydrogen-bond acceptors (Lipinski definition) is 10. The van der Waals surface area contributed by atoms with Crippen molar-refractivity contribution in [2.24, 2.45) is 7.05 Å². The van der Waals surface area contributed by atoms with E-state index < -0.39 is 24.3 Å². The Balaban J connectivity index is 0.000000367. The molecule has 1 aliphatic heterocycles. The van der Waals surface area contributed by atoms with Crippen LogP contribution in [0, 0.1) is 18.3 Å². The standard InChI is InChI=1S/C27H24N10O.2C2HF3O2/c1-18-11-30-24(15-29-18)27(38)36-7-5-35(6-8-36)25-4-3-19(12-31-25)23-9-20(22-14-32-34(2)16-22)17-37-26(23)21(10-28)13-33-37;2*3-2(4,5)1(6)7/h3-4,9,11-17H,5-8H2,1-2H3;2*(H,6,7). The highest BCUT2D eigenvalue weighted by Crippen LogP contribution is 2.32. The van der Waals surface area contributed by atoms with Gasteiger partial charge in [0.2, 0.25) is 0 Å². The number of amides is 1. The minimum atomic E-state index is -5.08. The molecule has 1 fully saturated rings. The van der Waals surface area contributed by atoms with Crippen molar-refractivity contribution < 1.29 is 50.9 Å². The molecule has 5 aromatic rings. The summed E-state index contributed by atoms with van der Waals surface area (Å²) in [6.07, 6.45) is 2.03. The molecule has 0 bridgehead atoms. The van der Waals surface area contributed by atoms with Gasteiger partial charge in [-0.05, 0) is 25.1 Å². The Morgan fingerprint density at radius 3 is 1.90 bits per heavy atom. The highest BCUT2D eigenvalue weighted by molar-refractivity contribution is 5.92. The zero-order valence-electron chi connectivity index (χ0n) is 27.0. The molecule has 0 unspecified atom stereocenters. The number of aryl methyl sites for hydroxylation is 2. The first-order chi connectivity index (χ1) is 24.4. The van der Waals surface area contributed by atoms with E-state index in [2.05, 4.69) is 31.1 Å². The number of halogens is 6. The van der Waals surface area contributed by atoms with Crippen LogP contribution in [0.2, 0.25) is 0 Å². The van der Waals surface area contributed by atoms with Gasteiger partial charge in [-0.1, -0.05) is 0 Å². The molecule has 6 rings (SSSR count). The van der Waals surface area contributed by atoms with Gasteiger partial charge in [-0.25, -0.2) is 24.1 Å². The van der Waals surface area contributed by atoms with Crippen LogP contribution in [0.25, 0.3) is 27.8 Å². The normalized spacial score (nSPS) is 13.0. The number of nitriles is 1. The van der Waals surface area contributed by atoms with Crippen LogP contribution in [0.5, 0.6) is 0 Å². The van der Waals surface area contributed by atoms with E-state index in [4.69, 9.17) is 24.8 Å². The summed E-state index contributed by atoms with van der Waals surface area (Å²) in [5.41, 5.74) is 6.03.